The van der Waals surface area contributed by atoms with Gasteiger partial charge in [-0.15, -0.1) is 0 Å². The van der Waals surface area contributed by atoms with Gasteiger partial charge in [0.15, 0.2) is 0 Å². The minimum absolute atomic E-state index is 0.537. The van der Waals surface area contributed by atoms with Gasteiger partial charge in [0, 0.05) is 0 Å². The average molecular weight is 175 g/mol. The molecule has 1 aromatic carbocycles. The van der Waals surface area contributed by atoms with E-state index in [1.165, 1.54) is 17.2 Å². The molecule has 0 atom stereocenters. The molecule has 0 fully saturated rings. The fraction of sp³-hybridized carbons (Fsp3) is 0.364. The Balaban J connectivity index is 2.53. The van der Waals surface area contributed by atoms with Gasteiger partial charge in [0.1, 0.15) is 0 Å². The molecule has 68 valence electrons. The van der Waals surface area contributed by atoms with Gasteiger partial charge in [0.05, 0.1) is 6.54 Å². The number of rotatable bonds is 4. The smallest absolute Gasteiger partial charge is 0.211 e. The lowest BCUT2D eigenvalue weighted by atomic mass is 10.1. The molecule has 0 saturated heterocycles. The molecule has 0 radical (unpaired) electrons. The maximum absolute atomic E-state index is 9.80. The number of benzene rings is 1. The van der Waals surface area contributed by atoms with Crippen LogP contribution in [0.4, 0.5) is 0 Å². The van der Waals surface area contributed by atoms with Gasteiger partial charge in [-0.3, -0.25) is 0 Å². The topological polar surface area (TPSA) is 29.4 Å². The molecule has 0 aliphatic heterocycles. The van der Waals surface area contributed by atoms with Gasteiger partial charge in [0.2, 0.25) is 6.08 Å². The summed E-state index contributed by atoms with van der Waals surface area (Å²) in [5.74, 6) is 0. The first-order valence-corrected chi connectivity index (χ1v) is 4.48. The number of carbonyl (C=O) groups excluding carboxylic acids is 1. The summed E-state index contributed by atoms with van der Waals surface area (Å²) >= 11 is 0. The Bertz CT molecular complexity index is 296. The summed E-state index contributed by atoms with van der Waals surface area (Å²) in [4.78, 5) is 13.3. The molecule has 0 aromatic heterocycles. The first-order chi connectivity index (χ1) is 6.36. The summed E-state index contributed by atoms with van der Waals surface area (Å²) in [6.45, 7) is 2.67. The molecule has 1 rings (SSSR count). The molecule has 0 unspecified atom stereocenters. The third-order valence-electron chi connectivity index (χ3n) is 2.01. The molecule has 1 aromatic rings. The Labute approximate surface area is 78.3 Å². The van der Waals surface area contributed by atoms with Gasteiger partial charge in [-0.05, 0) is 24.0 Å². The Morgan fingerprint density at radius 3 is 2.38 bits per heavy atom. The molecule has 0 N–H and O–H groups in total. The molecule has 0 spiro atoms. The Kier molecular flexibility index (Phi) is 3.94. The first kappa shape index (κ1) is 9.69. The predicted molar refractivity (Wildman–Crippen MR) is 52.5 cm³/mol. The predicted octanol–water partition coefficient (Wildman–Crippen LogP) is 2.13. The highest BCUT2D eigenvalue weighted by Crippen LogP contribution is 2.05. The minimum Gasteiger partial charge on any atom is -0.211 e. The van der Waals surface area contributed by atoms with Crippen LogP contribution in [0, 0.1) is 0 Å². The molecule has 0 heterocycles. The van der Waals surface area contributed by atoms with Crippen molar-refractivity contribution < 1.29 is 4.79 Å². The Morgan fingerprint density at radius 2 is 1.85 bits per heavy atom. The van der Waals surface area contributed by atoms with E-state index in [1.807, 2.05) is 0 Å². The van der Waals surface area contributed by atoms with Crippen LogP contribution in [0.5, 0.6) is 0 Å². The van der Waals surface area contributed by atoms with Crippen molar-refractivity contribution in [1.82, 2.24) is 0 Å². The van der Waals surface area contributed by atoms with Gasteiger partial charge in [0.25, 0.3) is 0 Å². The van der Waals surface area contributed by atoms with Crippen molar-refractivity contribution in [3.8, 4) is 0 Å². The van der Waals surface area contributed by atoms with Crippen molar-refractivity contribution in [3.63, 3.8) is 0 Å². The zero-order valence-corrected chi connectivity index (χ0v) is 7.79. The summed E-state index contributed by atoms with van der Waals surface area (Å²) in [5, 5.41) is 0. The highest BCUT2D eigenvalue weighted by Gasteiger charge is 1.92. The SMILES string of the molecule is CCc1ccc(CCN=C=O)cc1. The van der Waals surface area contributed by atoms with Crippen LogP contribution in [0.2, 0.25) is 0 Å². The summed E-state index contributed by atoms with van der Waals surface area (Å²) in [5.41, 5.74) is 2.55. The van der Waals surface area contributed by atoms with E-state index < -0.39 is 0 Å². The summed E-state index contributed by atoms with van der Waals surface area (Å²) < 4.78 is 0. The normalized spacial score (nSPS) is 9.31. The number of aliphatic imine (C=N–C) groups is 1. The van der Waals surface area contributed by atoms with E-state index in [0.717, 1.165) is 12.8 Å². The summed E-state index contributed by atoms with van der Waals surface area (Å²) in [6.07, 6.45) is 3.42. The second-order valence-corrected chi connectivity index (χ2v) is 2.89. The summed E-state index contributed by atoms with van der Waals surface area (Å²) in [7, 11) is 0. The number of aryl methyl sites for hydroxylation is 1. The van der Waals surface area contributed by atoms with Crippen LogP contribution in [0.15, 0.2) is 29.3 Å². The second-order valence-electron chi connectivity index (χ2n) is 2.89. The van der Waals surface area contributed by atoms with E-state index in [1.54, 1.807) is 0 Å². The molecule has 0 aliphatic rings. The van der Waals surface area contributed by atoms with Crippen molar-refractivity contribution in [2.45, 2.75) is 19.8 Å². The molecule has 0 saturated carbocycles. The monoisotopic (exact) mass is 175 g/mol. The molecule has 13 heavy (non-hydrogen) atoms. The Morgan fingerprint density at radius 1 is 1.23 bits per heavy atom. The van der Waals surface area contributed by atoms with Crippen LogP contribution in [0.25, 0.3) is 0 Å². The lowest BCUT2D eigenvalue weighted by molar-refractivity contribution is 0.563. The summed E-state index contributed by atoms with van der Waals surface area (Å²) in [6, 6.07) is 8.39. The number of nitrogens with zero attached hydrogens (tertiary/aromatic N) is 1. The third kappa shape index (κ3) is 3.22. The zero-order chi connectivity index (χ0) is 9.52. The maximum Gasteiger partial charge on any atom is 0.234 e. The van der Waals surface area contributed by atoms with Gasteiger partial charge < -0.3 is 0 Å². The van der Waals surface area contributed by atoms with Gasteiger partial charge in [-0.2, -0.15) is 0 Å². The largest absolute Gasteiger partial charge is 0.234 e. The van der Waals surface area contributed by atoms with Crippen LogP contribution < -0.4 is 0 Å². The van der Waals surface area contributed by atoms with E-state index in [9.17, 15) is 4.79 Å². The standard InChI is InChI=1S/C11H13NO/c1-2-10-3-5-11(6-4-10)7-8-12-9-13/h3-6H,2,7-8H2,1H3. The number of isocyanates is 1. The van der Waals surface area contributed by atoms with Crippen LogP contribution in [0.1, 0.15) is 18.1 Å². The van der Waals surface area contributed by atoms with Crippen LogP contribution >= 0.6 is 0 Å². The fourth-order valence-electron chi connectivity index (χ4n) is 1.17. The van der Waals surface area contributed by atoms with E-state index in [0.29, 0.717) is 6.54 Å². The first-order valence-electron chi connectivity index (χ1n) is 4.48. The fourth-order valence-corrected chi connectivity index (χ4v) is 1.17. The van der Waals surface area contributed by atoms with Crippen molar-refractivity contribution in [2.24, 2.45) is 4.99 Å². The van der Waals surface area contributed by atoms with Gasteiger partial charge in [-0.1, -0.05) is 31.2 Å². The average Bonchev–Trinajstić information content (AvgIpc) is 2.19. The number of hydrogen-bond donors (Lipinski definition) is 0. The molecular formula is C11H13NO. The zero-order valence-electron chi connectivity index (χ0n) is 7.79. The maximum atomic E-state index is 9.80. The number of hydrogen-bond acceptors (Lipinski definition) is 2. The van der Waals surface area contributed by atoms with Crippen molar-refractivity contribution >= 4 is 6.08 Å². The molecule has 0 bridgehead atoms. The third-order valence-corrected chi connectivity index (χ3v) is 2.01. The molecule has 2 heteroatoms. The molecular weight excluding hydrogens is 162 g/mol. The lowest BCUT2D eigenvalue weighted by Crippen LogP contribution is -1.89. The van der Waals surface area contributed by atoms with Gasteiger partial charge >= 0.3 is 0 Å². The molecule has 2 nitrogen and oxygen atoms in total. The van der Waals surface area contributed by atoms with E-state index in [4.69, 9.17) is 0 Å². The Hall–Kier alpha value is -1.40. The van der Waals surface area contributed by atoms with Crippen LogP contribution in [0.3, 0.4) is 0 Å². The lowest BCUT2D eigenvalue weighted by Gasteiger charge is -1.99. The van der Waals surface area contributed by atoms with E-state index in [-0.39, 0.29) is 0 Å². The molecule has 0 aliphatic carbocycles. The van der Waals surface area contributed by atoms with Crippen molar-refractivity contribution in [3.05, 3.63) is 35.4 Å². The quantitative estimate of drug-likeness (QED) is 0.509. The van der Waals surface area contributed by atoms with Crippen LogP contribution in [-0.4, -0.2) is 12.6 Å². The highest BCUT2D eigenvalue weighted by molar-refractivity contribution is 5.33. The van der Waals surface area contributed by atoms with E-state index in [2.05, 4.69) is 36.2 Å². The van der Waals surface area contributed by atoms with Gasteiger partial charge in [-0.25, -0.2) is 9.79 Å². The highest BCUT2D eigenvalue weighted by atomic mass is 16.1. The van der Waals surface area contributed by atoms with Crippen molar-refractivity contribution in [2.75, 3.05) is 6.54 Å². The minimum atomic E-state index is 0.537. The molecule has 0 amide bonds. The second kappa shape index (κ2) is 5.28. The van der Waals surface area contributed by atoms with Crippen molar-refractivity contribution in [1.29, 1.82) is 0 Å². The van der Waals surface area contributed by atoms with Crippen LogP contribution in [-0.2, 0) is 17.6 Å². The van der Waals surface area contributed by atoms with E-state index >= 15 is 0 Å².